The minimum Gasteiger partial charge on any atom is -0.497 e. The molecule has 1 fully saturated rings. The second kappa shape index (κ2) is 7.15. The van der Waals surface area contributed by atoms with E-state index in [0.29, 0.717) is 6.04 Å². The van der Waals surface area contributed by atoms with Gasteiger partial charge < -0.3 is 9.47 Å². The Bertz CT molecular complexity index is 382. The van der Waals surface area contributed by atoms with Crippen LogP contribution in [0, 0.1) is 5.92 Å². The van der Waals surface area contributed by atoms with Crippen LogP contribution in [-0.4, -0.2) is 43.1 Å². The first-order valence-corrected chi connectivity index (χ1v) is 7.93. The molecule has 1 aliphatic heterocycles. The highest BCUT2D eigenvalue weighted by atomic mass is 79.9. The number of nitrogens with zero attached hydrogens (tertiary/aromatic N) is 1. The standard InChI is InChI=1S/C15H22BrNO2/c1-12-7-8-17(15(12)11-16)9-10-19-14-5-3-13(18-2)4-6-14/h3-6,12,15H,7-11H2,1-2H3. The highest BCUT2D eigenvalue weighted by Gasteiger charge is 2.29. The monoisotopic (exact) mass is 327 g/mol. The van der Waals surface area contributed by atoms with Crippen molar-refractivity contribution in [1.29, 1.82) is 0 Å². The van der Waals surface area contributed by atoms with Crippen LogP contribution in [0.25, 0.3) is 0 Å². The molecule has 0 amide bonds. The van der Waals surface area contributed by atoms with Gasteiger partial charge in [0.05, 0.1) is 7.11 Å². The number of hydrogen-bond acceptors (Lipinski definition) is 3. The van der Waals surface area contributed by atoms with Crippen molar-refractivity contribution in [2.24, 2.45) is 5.92 Å². The molecule has 4 heteroatoms. The minimum atomic E-state index is 0.652. The Labute approximate surface area is 124 Å². The highest BCUT2D eigenvalue weighted by Crippen LogP contribution is 2.25. The molecule has 0 aromatic heterocycles. The number of ether oxygens (including phenoxy) is 2. The Kier molecular flexibility index (Phi) is 5.52. The molecule has 2 rings (SSSR count). The van der Waals surface area contributed by atoms with Crippen molar-refractivity contribution < 1.29 is 9.47 Å². The van der Waals surface area contributed by atoms with E-state index in [1.54, 1.807) is 7.11 Å². The number of likely N-dealkylation sites (tertiary alicyclic amines) is 1. The molecule has 1 aromatic carbocycles. The zero-order chi connectivity index (χ0) is 13.7. The Morgan fingerprint density at radius 3 is 2.58 bits per heavy atom. The fourth-order valence-electron chi connectivity index (χ4n) is 2.57. The summed E-state index contributed by atoms with van der Waals surface area (Å²) in [5, 5.41) is 1.05. The van der Waals surface area contributed by atoms with E-state index in [4.69, 9.17) is 9.47 Å². The molecule has 0 bridgehead atoms. The normalized spacial score (nSPS) is 23.5. The van der Waals surface area contributed by atoms with Crippen molar-refractivity contribution in [3.05, 3.63) is 24.3 Å². The zero-order valence-electron chi connectivity index (χ0n) is 11.6. The summed E-state index contributed by atoms with van der Waals surface area (Å²) in [6.07, 6.45) is 1.29. The van der Waals surface area contributed by atoms with Gasteiger partial charge in [-0.15, -0.1) is 0 Å². The van der Waals surface area contributed by atoms with Crippen LogP contribution in [0.3, 0.4) is 0 Å². The summed E-state index contributed by atoms with van der Waals surface area (Å²) >= 11 is 3.61. The summed E-state index contributed by atoms with van der Waals surface area (Å²) in [5.41, 5.74) is 0. The van der Waals surface area contributed by atoms with Crippen LogP contribution in [0.15, 0.2) is 24.3 Å². The lowest BCUT2D eigenvalue weighted by atomic mass is 10.1. The van der Waals surface area contributed by atoms with E-state index < -0.39 is 0 Å². The van der Waals surface area contributed by atoms with Crippen molar-refractivity contribution in [1.82, 2.24) is 4.90 Å². The van der Waals surface area contributed by atoms with Gasteiger partial charge in [0.25, 0.3) is 0 Å². The molecule has 3 nitrogen and oxygen atoms in total. The van der Waals surface area contributed by atoms with Gasteiger partial charge in [-0.3, -0.25) is 4.90 Å². The van der Waals surface area contributed by atoms with Crippen LogP contribution in [0.4, 0.5) is 0 Å². The van der Waals surface area contributed by atoms with Crippen LogP contribution >= 0.6 is 15.9 Å². The Balaban J connectivity index is 1.76. The molecule has 2 atom stereocenters. The first-order valence-electron chi connectivity index (χ1n) is 6.81. The average molecular weight is 328 g/mol. The molecule has 1 aliphatic rings. The smallest absolute Gasteiger partial charge is 0.119 e. The van der Waals surface area contributed by atoms with Crippen molar-refractivity contribution in [3.8, 4) is 11.5 Å². The summed E-state index contributed by atoms with van der Waals surface area (Å²) in [5.74, 6) is 2.55. The van der Waals surface area contributed by atoms with E-state index in [1.165, 1.54) is 13.0 Å². The van der Waals surface area contributed by atoms with E-state index in [-0.39, 0.29) is 0 Å². The summed E-state index contributed by atoms with van der Waals surface area (Å²) < 4.78 is 10.9. The minimum absolute atomic E-state index is 0.652. The molecule has 0 saturated carbocycles. The first kappa shape index (κ1) is 14.7. The number of methoxy groups -OCH3 is 1. The molecule has 0 radical (unpaired) electrons. The number of benzene rings is 1. The number of hydrogen-bond donors (Lipinski definition) is 0. The van der Waals surface area contributed by atoms with Crippen LogP contribution < -0.4 is 9.47 Å². The average Bonchev–Trinajstić information content (AvgIpc) is 2.80. The molecule has 0 N–H and O–H groups in total. The molecular formula is C15H22BrNO2. The Morgan fingerprint density at radius 2 is 1.95 bits per heavy atom. The lowest BCUT2D eigenvalue weighted by molar-refractivity contribution is 0.196. The van der Waals surface area contributed by atoms with Gasteiger partial charge in [-0.1, -0.05) is 22.9 Å². The Morgan fingerprint density at radius 1 is 1.26 bits per heavy atom. The molecule has 1 heterocycles. The van der Waals surface area contributed by atoms with Gasteiger partial charge in [0.15, 0.2) is 0 Å². The molecule has 106 valence electrons. The van der Waals surface area contributed by atoms with Crippen LogP contribution in [0.5, 0.6) is 11.5 Å². The van der Waals surface area contributed by atoms with Gasteiger partial charge in [0, 0.05) is 17.9 Å². The lowest BCUT2D eigenvalue weighted by Crippen LogP contribution is -2.36. The second-order valence-electron chi connectivity index (χ2n) is 5.05. The summed E-state index contributed by atoms with van der Waals surface area (Å²) in [7, 11) is 1.67. The molecule has 2 unspecified atom stereocenters. The van der Waals surface area contributed by atoms with Gasteiger partial charge in [-0.05, 0) is 43.1 Å². The van der Waals surface area contributed by atoms with Gasteiger partial charge in [-0.25, -0.2) is 0 Å². The van der Waals surface area contributed by atoms with Crippen molar-refractivity contribution >= 4 is 15.9 Å². The van der Waals surface area contributed by atoms with Crippen molar-refractivity contribution in [3.63, 3.8) is 0 Å². The predicted molar refractivity (Wildman–Crippen MR) is 81.4 cm³/mol. The zero-order valence-corrected chi connectivity index (χ0v) is 13.2. The van der Waals surface area contributed by atoms with E-state index in [2.05, 4.69) is 27.8 Å². The maximum atomic E-state index is 5.78. The van der Waals surface area contributed by atoms with Crippen LogP contribution in [0.1, 0.15) is 13.3 Å². The fraction of sp³-hybridized carbons (Fsp3) is 0.600. The topological polar surface area (TPSA) is 21.7 Å². The largest absolute Gasteiger partial charge is 0.497 e. The Hall–Kier alpha value is -0.740. The number of halogens is 1. The molecule has 19 heavy (non-hydrogen) atoms. The third-order valence-electron chi connectivity index (χ3n) is 3.86. The van der Waals surface area contributed by atoms with Crippen LogP contribution in [-0.2, 0) is 0 Å². The predicted octanol–water partition coefficient (Wildman–Crippen LogP) is 3.18. The third-order valence-corrected chi connectivity index (χ3v) is 4.53. The van der Waals surface area contributed by atoms with Gasteiger partial charge in [0.1, 0.15) is 18.1 Å². The summed E-state index contributed by atoms with van der Waals surface area (Å²) in [4.78, 5) is 2.52. The molecule has 1 saturated heterocycles. The van der Waals surface area contributed by atoms with E-state index >= 15 is 0 Å². The van der Waals surface area contributed by atoms with Gasteiger partial charge in [0.2, 0.25) is 0 Å². The lowest BCUT2D eigenvalue weighted by Gasteiger charge is -2.24. The highest BCUT2D eigenvalue weighted by molar-refractivity contribution is 9.09. The summed E-state index contributed by atoms with van der Waals surface area (Å²) in [6.45, 7) is 5.24. The third kappa shape index (κ3) is 3.86. The van der Waals surface area contributed by atoms with Gasteiger partial charge >= 0.3 is 0 Å². The van der Waals surface area contributed by atoms with E-state index in [1.807, 2.05) is 24.3 Å². The van der Waals surface area contributed by atoms with E-state index in [0.717, 1.165) is 35.9 Å². The summed E-state index contributed by atoms with van der Waals surface area (Å²) in [6, 6.07) is 8.41. The maximum absolute atomic E-state index is 5.78. The molecular weight excluding hydrogens is 306 g/mol. The number of rotatable bonds is 6. The van der Waals surface area contributed by atoms with Gasteiger partial charge in [-0.2, -0.15) is 0 Å². The quantitative estimate of drug-likeness (QED) is 0.749. The molecule has 0 spiro atoms. The van der Waals surface area contributed by atoms with Crippen LogP contribution in [0.2, 0.25) is 0 Å². The fourth-order valence-corrected chi connectivity index (χ4v) is 3.62. The van der Waals surface area contributed by atoms with E-state index in [9.17, 15) is 0 Å². The van der Waals surface area contributed by atoms with Crippen molar-refractivity contribution in [2.75, 3.05) is 32.1 Å². The maximum Gasteiger partial charge on any atom is 0.119 e. The molecule has 0 aliphatic carbocycles. The SMILES string of the molecule is COc1ccc(OCCN2CCC(C)C2CBr)cc1. The second-order valence-corrected chi connectivity index (χ2v) is 5.70. The number of alkyl halides is 1. The van der Waals surface area contributed by atoms with Crippen molar-refractivity contribution in [2.45, 2.75) is 19.4 Å². The molecule has 1 aromatic rings. The first-order chi connectivity index (χ1) is 9.24.